The van der Waals surface area contributed by atoms with E-state index in [4.69, 9.17) is 16.3 Å². The third-order valence-electron chi connectivity index (χ3n) is 4.00. The molecule has 2 aromatic carbocycles. The number of hydrogen-bond donors (Lipinski definition) is 2. The number of ether oxygens (including phenoxy) is 1. The average Bonchev–Trinajstić information content (AvgIpc) is 2.67. The molecule has 0 heterocycles. The highest BCUT2D eigenvalue weighted by Crippen LogP contribution is 2.17. The lowest BCUT2D eigenvalue weighted by Crippen LogP contribution is -2.48. The summed E-state index contributed by atoms with van der Waals surface area (Å²) in [4.78, 5) is 25.0. The molecule has 0 spiro atoms. The van der Waals surface area contributed by atoms with Gasteiger partial charge in [0.1, 0.15) is 11.8 Å². The third-order valence-corrected chi connectivity index (χ3v) is 4.25. The molecule has 2 amide bonds. The van der Waals surface area contributed by atoms with Crippen LogP contribution in [0.15, 0.2) is 53.6 Å². The van der Waals surface area contributed by atoms with Crippen molar-refractivity contribution in [3.05, 3.63) is 64.7 Å². The molecule has 2 rings (SSSR count). The summed E-state index contributed by atoms with van der Waals surface area (Å²) in [6.45, 7) is 7.57. The van der Waals surface area contributed by atoms with Gasteiger partial charge in [0.05, 0.1) is 12.3 Å². The normalized spacial score (nSPS) is 12.2. The van der Waals surface area contributed by atoms with Crippen molar-refractivity contribution in [3.63, 3.8) is 0 Å². The van der Waals surface area contributed by atoms with Crippen LogP contribution in [-0.2, 0) is 4.79 Å². The zero-order valence-electron chi connectivity index (χ0n) is 17.0. The first kappa shape index (κ1) is 22.4. The topological polar surface area (TPSA) is 79.8 Å². The van der Waals surface area contributed by atoms with Crippen LogP contribution in [0.1, 0.15) is 43.6 Å². The number of hydrogen-bond acceptors (Lipinski definition) is 4. The first-order valence-electron chi connectivity index (χ1n) is 9.43. The number of halogens is 1. The highest BCUT2D eigenvalue weighted by molar-refractivity contribution is 6.30. The number of nitrogens with one attached hydrogen (secondary N) is 2. The van der Waals surface area contributed by atoms with E-state index >= 15 is 0 Å². The quantitative estimate of drug-likeness (QED) is 0.504. The van der Waals surface area contributed by atoms with Crippen molar-refractivity contribution in [1.29, 1.82) is 0 Å². The van der Waals surface area contributed by atoms with Crippen molar-refractivity contribution < 1.29 is 14.3 Å². The van der Waals surface area contributed by atoms with Gasteiger partial charge in [0.15, 0.2) is 0 Å². The van der Waals surface area contributed by atoms with Crippen molar-refractivity contribution in [3.8, 4) is 5.75 Å². The van der Waals surface area contributed by atoms with Crippen LogP contribution in [0.5, 0.6) is 5.75 Å². The summed E-state index contributed by atoms with van der Waals surface area (Å²) >= 11 is 5.85. The SMILES string of the molecule is CC(C)Oc1ccccc1C=NNC(=O)C(NC(=O)c1ccc(Cl)cc1)C(C)C. The molecule has 154 valence electrons. The number of amides is 2. The number of benzene rings is 2. The summed E-state index contributed by atoms with van der Waals surface area (Å²) in [5.74, 6) is -0.203. The average molecular weight is 416 g/mol. The van der Waals surface area contributed by atoms with Crippen molar-refractivity contribution in [2.24, 2.45) is 11.0 Å². The monoisotopic (exact) mass is 415 g/mol. The van der Waals surface area contributed by atoms with E-state index in [1.807, 2.05) is 52.0 Å². The summed E-state index contributed by atoms with van der Waals surface area (Å²) < 4.78 is 5.73. The van der Waals surface area contributed by atoms with Gasteiger partial charge >= 0.3 is 0 Å². The largest absolute Gasteiger partial charge is 0.490 e. The van der Waals surface area contributed by atoms with Crippen molar-refractivity contribution >= 4 is 29.6 Å². The van der Waals surface area contributed by atoms with Gasteiger partial charge in [-0.05, 0) is 56.2 Å². The van der Waals surface area contributed by atoms with E-state index in [1.54, 1.807) is 24.3 Å². The molecule has 1 unspecified atom stereocenters. The van der Waals surface area contributed by atoms with E-state index in [2.05, 4.69) is 15.8 Å². The summed E-state index contributed by atoms with van der Waals surface area (Å²) in [6.07, 6.45) is 1.54. The Hall–Kier alpha value is -2.86. The Morgan fingerprint density at radius 3 is 2.31 bits per heavy atom. The Balaban J connectivity index is 2.04. The van der Waals surface area contributed by atoms with Gasteiger partial charge in [-0.3, -0.25) is 9.59 Å². The summed E-state index contributed by atoms with van der Waals surface area (Å²) in [5.41, 5.74) is 3.67. The standard InChI is InChI=1S/C22H26ClN3O3/c1-14(2)20(25-21(27)16-9-11-18(23)12-10-16)22(28)26-24-13-17-7-5-6-8-19(17)29-15(3)4/h5-15,20H,1-4H3,(H,25,27)(H,26,28). The van der Waals surface area contributed by atoms with E-state index in [-0.39, 0.29) is 17.9 Å². The van der Waals surface area contributed by atoms with Crippen LogP contribution in [0.3, 0.4) is 0 Å². The smallest absolute Gasteiger partial charge is 0.262 e. The van der Waals surface area contributed by atoms with Crippen molar-refractivity contribution in [1.82, 2.24) is 10.7 Å². The molecule has 1 atom stereocenters. The molecule has 29 heavy (non-hydrogen) atoms. The zero-order chi connectivity index (χ0) is 21.4. The molecule has 2 N–H and O–H groups in total. The van der Waals surface area contributed by atoms with E-state index in [1.165, 1.54) is 6.21 Å². The van der Waals surface area contributed by atoms with Crippen molar-refractivity contribution in [2.75, 3.05) is 0 Å². The summed E-state index contributed by atoms with van der Waals surface area (Å²) in [5, 5.41) is 7.31. The van der Waals surface area contributed by atoms with Crippen LogP contribution < -0.4 is 15.5 Å². The molecule has 6 nitrogen and oxygen atoms in total. The van der Waals surface area contributed by atoms with Crippen LogP contribution in [0.4, 0.5) is 0 Å². The Labute approximate surface area is 176 Å². The molecule has 0 saturated carbocycles. The van der Waals surface area contributed by atoms with Crippen LogP contribution in [-0.4, -0.2) is 30.2 Å². The van der Waals surface area contributed by atoms with Crippen molar-refractivity contribution in [2.45, 2.75) is 39.8 Å². The number of rotatable bonds is 8. The highest BCUT2D eigenvalue weighted by Gasteiger charge is 2.24. The number of hydrazone groups is 1. The maximum absolute atomic E-state index is 12.6. The zero-order valence-corrected chi connectivity index (χ0v) is 17.7. The molecular weight excluding hydrogens is 390 g/mol. The van der Waals surface area contributed by atoms with Crippen LogP contribution in [0, 0.1) is 5.92 Å². The van der Waals surface area contributed by atoms with Gasteiger partial charge in [0.2, 0.25) is 0 Å². The third kappa shape index (κ3) is 6.91. The second kappa shape index (κ2) is 10.6. The Bertz CT molecular complexity index is 864. The number of para-hydroxylation sites is 1. The lowest BCUT2D eigenvalue weighted by Gasteiger charge is -2.20. The fourth-order valence-electron chi connectivity index (χ4n) is 2.54. The van der Waals surface area contributed by atoms with Gasteiger partial charge < -0.3 is 10.1 Å². The maximum atomic E-state index is 12.6. The minimum Gasteiger partial charge on any atom is -0.490 e. The molecular formula is C22H26ClN3O3. The van der Waals surface area contributed by atoms with E-state index < -0.39 is 11.9 Å². The Morgan fingerprint density at radius 2 is 1.69 bits per heavy atom. The number of carbonyl (C=O) groups excluding carboxylic acids is 2. The number of carbonyl (C=O) groups is 2. The fraction of sp³-hybridized carbons (Fsp3) is 0.318. The maximum Gasteiger partial charge on any atom is 0.262 e. The van der Waals surface area contributed by atoms with Gasteiger partial charge in [-0.1, -0.05) is 37.6 Å². The fourth-order valence-corrected chi connectivity index (χ4v) is 2.67. The lowest BCUT2D eigenvalue weighted by atomic mass is 10.0. The molecule has 0 aliphatic heterocycles. The van der Waals surface area contributed by atoms with E-state index in [9.17, 15) is 9.59 Å². The van der Waals surface area contributed by atoms with E-state index in [0.717, 1.165) is 5.56 Å². The molecule has 0 saturated heterocycles. The second-order valence-corrected chi connectivity index (χ2v) is 7.58. The van der Waals surface area contributed by atoms with Gasteiger partial charge in [0, 0.05) is 16.1 Å². The van der Waals surface area contributed by atoms with Crippen LogP contribution in [0.25, 0.3) is 0 Å². The summed E-state index contributed by atoms with van der Waals surface area (Å²) in [7, 11) is 0. The second-order valence-electron chi connectivity index (χ2n) is 7.14. The first-order valence-corrected chi connectivity index (χ1v) is 9.80. The van der Waals surface area contributed by atoms with Crippen LogP contribution in [0.2, 0.25) is 5.02 Å². The Kier molecular flexibility index (Phi) is 8.21. The predicted octanol–water partition coefficient (Wildman–Crippen LogP) is 4.03. The molecule has 0 aliphatic rings. The highest BCUT2D eigenvalue weighted by atomic mass is 35.5. The van der Waals surface area contributed by atoms with Gasteiger partial charge in [0.25, 0.3) is 11.8 Å². The molecule has 2 aromatic rings. The molecule has 7 heteroatoms. The summed E-state index contributed by atoms with van der Waals surface area (Å²) in [6, 6.07) is 13.1. The molecule has 0 bridgehead atoms. The molecule has 0 aliphatic carbocycles. The first-order chi connectivity index (χ1) is 13.8. The molecule has 0 radical (unpaired) electrons. The van der Waals surface area contributed by atoms with E-state index in [0.29, 0.717) is 16.3 Å². The lowest BCUT2D eigenvalue weighted by molar-refractivity contribution is -0.123. The molecule has 0 aromatic heterocycles. The Morgan fingerprint density at radius 1 is 1.03 bits per heavy atom. The van der Waals surface area contributed by atoms with Crippen LogP contribution >= 0.6 is 11.6 Å². The predicted molar refractivity (Wildman–Crippen MR) is 115 cm³/mol. The minimum atomic E-state index is -0.738. The van der Waals surface area contributed by atoms with Gasteiger partial charge in [-0.25, -0.2) is 5.43 Å². The van der Waals surface area contributed by atoms with Gasteiger partial charge in [-0.2, -0.15) is 5.10 Å². The minimum absolute atomic E-state index is 0.0209. The number of nitrogens with zero attached hydrogens (tertiary/aromatic N) is 1. The molecule has 0 fully saturated rings. The van der Waals surface area contributed by atoms with Gasteiger partial charge in [-0.15, -0.1) is 0 Å².